The zero-order chi connectivity index (χ0) is 19.6. The minimum Gasteiger partial charge on any atom is -0.381 e. The molecule has 0 saturated carbocycles. The van der Waals surface area contributed by atoms with Crippen LogP contribution < -0.4 is 0 Å². The van der Waals surface area contributed by atoms with Gasteiger partial charge in [0.1, 0.15) is 0 Å². The summed E-state index contributed by atoms with van der Waals surface area (Å²) in [5.41, 5.74) is 0.427. The molecular weight excluding hydrogens is 362 g/mol. The van der Waals surface area contributed by atoms with E-state index >= 15 is 0 Å². The van der Waals surface area contributed by atoms with Gasteiger partial charge >= 0.3 is 0 Å². The number of rotatable bonds is 3. The first kappa shape index (κ1) is 19.4. The van der Waals surface area contributed by atoms with Gasteiger partial charge in [-0.25, -0.2) is 0 Å². The van der Waals surface area contributed by atoms with E-state index in [0.717, 1.165) is 31.4 Å². The molecular formula is C20H29N3O5. The van der Waals surface area contributed by atoms with Crippen molar-refractivity contribution in [3.05, 3.63) is 17.5 Å². The number of piperidine rings is 1. The zero-order valence-electron chi connectivity index (χ0n) is 16.5. The topological polar surface area (TPSA) is 85.1 Å². The first-order chi connectivity index (χ1) is 13.5. The smallest absolute Gasteiger partial charge is 0.225 e. The molecule has 154 valence electrons. The van der Waals surface area contributed by atoms with Crippen LogP contribution in [0.15, 0.2) is 10.6 Å². The molecule has 1 spiro atoms. The maximum Gasteiger partial charge on any atom is 0.225 e. The predicted octanol–water partition coefficient (Wildman–Crippen LogP) is 1.52. The molecule has 0 N–H and O–H groups in total. The maximum atomic E-state index is 12.8. The third kappa shape index (κ3) is 4.22. The van der Waals surface area contributed by atoms with E-state index in [0.29, 0.717) is 58.2 Å². The molecule has 3 aliphatic rings. The van der Waals surface area contributed by atoms with E-state index < -0.39 is 0 Å². The summed E-state index contributed by atoms with van der Waals surface area (Å²) in [4.78, 5) is 29.1. The lowest BCUT2D eigenvalue weighted by atomic mass is 9.89. The lowest BCUT2D eigenvalue weighted by Gasteiger charge is -2.43. The van der Waals surface area contributed by atoms with E-state index in [9.17, 15) is 9.59 Å². The van der Waals surface area contributed by atoms with Crippen LogP contribution in [0.25, 0.3) is 0 Å². The van der Waals surface area contributed by atoms with Gasteiger partial charge in [-0.2, -0.15) is 0 Å². The van der Waals surface area contributed by atoms with E-state index in [1.54, 1.807) is 0 Å². The molecule has 28 heavy (non-hydrogen) atoms. The van der Waals surface area contributed by atoms with E-state index in [-0.39, 0.29) is 23.3 Å². The Hall–Kier alpha value is -1.93. The Labute approximate surface area is 165 Å². The third-order valence-electron chi connectivity index (χ3n) is 6.14. The standard InChI is InChI=1S/C20H29N3O5/c1-15-12-17(28-21-15)13-23-14-20(27-11-4-18(23)24)5-7-22(8-6-20)19(25)16-2-9-26-10-3-16/h12,16H,2-11,13-14H2,1H3. The van der Waals surface area contributed by atoms with Crippen LogP contribution >= 0.6 is 0 Å². The van der Waals surface area contributed by atoms with Crippen molar-refractivity contribution in [1.82, 2.24) is 15.0 Å². The number of hydrogen-bond donors (Lipinski definition) is 0. The van der Waals surface area contributed by atoms with Crippen molar-refractivity contribution >= 4 is 11.8 Å². The fourth-order valence-electron chi connectivity index (χ4n) is 4.46. The van der Waals surface area contributed by atoms with E-state index in [2.05, 4.69) is 5.16 Å². The second-order valence-corrected chi connectivity index (χ2v) is 8.18. The zero-order valence-corrected chi connectivity index (χ0v) is 16.5. The van der Waals surface area contributed by atoms with Crippen LogP contribution in [0.2, 0.25) is 0 Å². The minimum atomic E-state index is -0.381. The number of carbonyl (C=O) groups excluding carboxylic acids is 2. The van der Waals surface area contributed by atoms with Crippen molar-refractivity contribution in [3.8, 4) is 0 Å². The van der Waals surface area contributed by atoms with Crippen molar-refractivity contribution in [2.24, 2.45) is 5.92 Å². The molecule has 4 rings (SSSR count). The summed E-state index contributed by atoms with van der Waals surface area (Å²) in [6.07, 6.45) is 3.51. The summed E-state index contributed by atoms with van der Waals surface area (Å²) < 4.78 is 16.9. The normalized spacial score (nSPS) is 23.8. The highest BCUT2D eigenvalue weighted by Crippen LogP contribution is 2.32. The summed E-state index contributed by atoms with van der Waals surface area (Å²) in [6.45, 7) is 5.95. The second-order valence-electron chi connectivity index (χ2n) is 8.18. The quantitative estimate of drug-likeness (QED) is 0.777. The fourth-order valence-corrected chi connectivity index (χ4v) is 4.46. The Balaban J connectivity index is 1.38. The Morgan fingerprint density at radius 2 is 2.00 bits per heavy atom. The van der Waals surface area contributed by atoms with E-state index in [1.807, 2.05) is 22.8 Å². The summed E-state index contributed by atoms with van der Waals surface area (Å²) >= 11 is 0. The number of likely N-dealkylation sites (tertiary alicyclic amines) is 1. The van der Waals surface area contributed by atoms with Gasteiger partial charge in [0.2, 0.25) is 11.8 Å². The molecule has 1 aromatic rings. The largest absolute Gasteiger partial charge is 0.381 e. The number of aromatic nitrogens is 1. The summed E-state index contributed by atoms with van der Waals surface area (Å²) in [6, 6.07) is 1.86. The molecule has 4 heterocycles. The Morgan fingerprint density at radius 3 is 2.68 bits per heavy atom. The number of nitrogens with zero attached hydrogens (tertiary/aromatic N) is 3. The Morgan fingerprint density at radius 1 is 1.25 bits per heavy atom. The second kappa shape index (κ2) is 8.21. The molecule has 0 atom stereocenters. The first-order valence-electron chi connectivity index (χ1n) is 10.3. The summed E-state index contributed by atoms with van der Waals surface area (Å²) in [5, 5.41) is 3.91. The van der Waals surface area contributed by atoms with Gasteiger partial charge in [0.05, 0.1) is 37.4 Å². The van der Waals surface area contributed by atoms with Crippen molar-refractivity contribution in [2.75, 3.05) is 39.5 Å². The Kier molecular flexibility index (Phi) is 5.68. The van der Waals surface area contributed by atoms with Crippen LogP contribution in [-0.4, -0.2) is 71.8 Å². The van der Waals surface area contributed by atoms with Gasteiger partial charge in [-0.1, -0.05) is 5.16 Å². The van der Waals surface area contributed by atoms with Gasteiger partial charge in [-0.3, -0.25) is 9.59 Å². The highest BCUT2D eigenvalue weighted by molar-refractivity contribution is 5.79. The van der Waals surface area contributed by atoms with E-state index in [4.69, 9.17) is 14.0 Å². The minimum absolute atomic E-state index is 0.0756. The number of aryl methyl sites for hydroxylation is 1. The van der Waals surface area contributed by atoms with Gasteiger partial charge < -0.3 is 23.8 Å². The lowest BCUT2D eigenvalue weighted by Crippen LogP contribution is -2.54. The fraction of sp³-hybridized carbons (Fsp3) is 0.750. The van der Waals surface area contributed by atoms with Crippen LogP contribution in [0.1, 0.15) is 43.6 Å². The molecule has 0 aromatic carbocycles. The molecule has 1 aromatic heterocycles. The monoisotopic (exact) mass is 391 g/mol. The molecule has 0 unspecified atom stereocenters. The molecule has 8 heteroatoms. The molecule has 0 bridgehead atoms. The summed E-state index contributed by atoms with van der Waals surface area (Å²) in [7, 11) is 0. The van der Waals surface area contributed by atoms with Gasteiger partial charge in [0, 0.05) is 38.3 Å². The third-order valence-corrected chi connectivity index (χ3v) is 6.14. The van der Waals surface area contributed by atoms with Gasteiger partial charge in [0.15, 0.2) is 5.76 Å². The maximum absolute atomic E-state index is 12.8. The SMILES string of the molecule is Cc1cc(CN2CC3(CCN(C(=O)C4CCOCC4)CC3)OCCC2=O)on1. The van der Waals surface area contributed by atoms with Crippen molar-refractivity contribution < 1.29 is 23.6 Å². The lowest BCUT2D eigenvalue weighted by molar-refractivity contribution is -0.146. The number of carbonyl (C=O) groups is 2. The summed E-state index contributed by atoms with van der Waals surface area (Å²) in [5.74, 6) is 1.10. The highest BCUT2D eigenvalue weighted by Gasteiger charge is 2.42. The molecule has 2 amide bonds. The van der Waals surface area contributed by atoms with Crippen LogP contribution in [0.3, 0.4) is 0 Å². The number of hydrogen-bond acceptors (Lipinski definition) is 6. The number of ether oxygens (including phenoxy) is 2. The van der Waals surface area contributed by atoms with Gasteiger partial charge in [0.25, 0.3) is 0 Å². The van der Waals surface area contributed by atoms with Crippen LogP contribution in [0.4, 0.5) is 0 Å². The average molecular weight is 391 g/mol. The van der Waals surface area contributed by atoms with Gasteiger partial charge in [-0.05, 0) is 32.6 Å². The Bertz CT molecular complexity index is 704. The number of amides is 2. The van der Waals surface area contributed by atoms with Crippen LogP contribution in [-0.2, 0) is 25.6 Å². The molecule has 8 nitrogen and oxygen atoms in total. The molecule has 3 saturated heterocycles. The highest BCUT2D eigenvalue weighted by atomic mass is 16.5. The predicted molar refractivity (Wildman–Crippen MR) is 99.3 cm³/mol. The van der Waals surface area contributed by atoms with E-state index in [1.165, 1.54) is 0 Å². The first-order valence-corrected chi connectivity index (χ1v) is 10.3. The van der Waals surface area contributed by atoms with Crippen molar-refractivity contribution in [2.45, 2.75) is 51.2 Å². The average Bonchev–Trinajstić information content (AvgIpc) is 3.06. The van der Waals surface area contributed by atoms with Crippen LogP contribution in [0, 0.1) is 12.8 Å². The van der Waals surface area contributed by atoms with Gasteiger partial charge in [-0.15, -0.1) is 0 Å². The van der Waals surface area contributed by atoms with Crippen molar-refractivity contribution in [3.63, 3.8) is 0 Å². The van der Waals surface area contributed by atoms with Crippen LogP contribution in [0.5, 0.6) is 0 Å². The molecule has 3 fully saturated rings. The molecule has 3 aliphatic heterocycles. The molecule has 0 aliphatic carbocycles. The molecule has 0 radical (unpaired) electrons. The van der Waals surface area contributed by atoms with Crippen molar-refractivity contribution in [1.29, 1.82) is 0 Å².